The van der Waals surface area contributed by atoms with Crippen molar-refractivity contribution in [2.45, 2.75) is 39.9 Å². The molecule has 1 N–H and O–H groups in total. The molecular weight excluding hydrogens is 382 g/mol. The molecule has 156 valence electrons. The predicted molar refractivity (Wildman–Crippen MR) is 113 cm³/mol. The molecule has 2 amide bonds. The van der Waals surface area contributed by atoms with Crippen LogP contribution in [0.3, 0.4) is 0 Å². The Kier molecular flexibility index (Phi) is 5.20. The van der Waals surface area contributed by atoms with Crippen LogP contribution in [0.15, 0.2) is 51.7 Å². The molecule has 0 saturated heterocycles. The first-order chi connectivity index (χ1) is 14.3. The Morgan fingerprint density at radius 1 is 1.07 bits per heavy atom. The van der Waals surface area contributed by atoms with E-state index >= 15 is 0 Å². The van der Waals surface area contributed by atoms with Gasteiger partial charge in [0.1, 0.15) is 0 Å². The molecule has 0 fully saturated rings. The number of hydrogen-bond donors (Lipinski definition) is 1. The van der Waals surface area contributed by atoms with Gasteiger partial charge in [0, 0.05) is 25.7 Å². The summed E-state index contributed by atoms with van der Waals surface area (Å²) < 4.78 is 6.76. The van der Waals surface area contributed by atoms with Crippen LogP contribution in [-0.2, 0) is 13.1 Å². The third kappa shape index (κ3) is 3.63. The Labute approximate surface area is 174 Å². The molecule has 7 heteroatoms. The molecule has 7 nitrogen and oxygen atoms in total. The summed E-state index contributed by atoms with van der Waals surface area (Å²) in [6, 6.07) is 12.2. The van der Waals surface area contributed by atoms with Gasteiger partial charge in [0.15, 0.2) is 5.58 Å². The van der Waals surface area contributed by atoms with Crippen LogP contribution in [0.1, 0.15) is 47.1 Å². The van der Waals surface area contributed by atoms with Gasteiger partial charge in [-0.15, -0.1) is 0 Å². The molecule has 2 aromatic carbocycles. The molecular formula is C23H25N3O4. The molecule has 1 atom stereocenters. The monoisotopic (exact) mass is 407 g/mol. The van der Waals surface area contributed by atoms with Crippen LogP contribution >= 0.6 is 0 Å². The number of benzene rings is 2. The highest BCUT2D eigenvalue weighted by Crippen LogP contribution is 2.27. The SMILES string of the molecule is CC(C)CN1Cc2cccc(C(=O)N[C@@H](C)Cn3c(=O)oc4ccccc43)c2C1=O. The first-order valence-electron chi connectivity index (χ1n) is 10.2. The molecule has 3 aromatic rings. The summed E-state index contributed by atoms with van der Waals surface area (Å²) in [6.45, 7) is 7.40. The van der Waals surface area contributed by atoms with Gasteiger partial charge in [-0.3, -0.25) is 14.2 Å². The highest BCUT2D eigenvalue weighted by molar-refractivity contribution is 6.09. The number of oxazole rings is 1. The zero-order chi connectivity index (χ0) is 21.4. The summed E-state index contributed by atoms with van der Waals surface area (Å²) >= 11 is 0. The van der Waals surface area contributed by atoms with E-state index in [2.05, 4.69) is 19.2 Å². The number of aromatic nitrogens is 1. The molecule has 0 radical (unpaired) electrons. The van der Waals surface area contributed by atoms with E-state index in [4.69, 9.17) is 4.42 Å². The van der Waals surface area contributed by atoms with Crippen LogP contribution in [-0.4, -0.2) is 33.9 Å². The molecule has 0 saturated carbocycles. The molecule has 4 rings (SSSR count). The molecule has 1 aromatic heterocycles. The minimum absolute atomic E-state index is 0.103. The van der Waals surface area contributed by atoms with Gasteiger partial charge in [0.2, 0.25) is 0 Å². The normalized spacial score (nSPS) is 14.4. The van der Waals surface area contributed by atoms with Crippen molar-refractivity contribution in [1.82, 2.24) is 14.8 Å². The summed E-state index contributed by atoms with van der Waals surface area (Å²) in [7, 11) is 0. The molecule has 1 aliphatic heterocycles. The Morgan fingerprint density at radius 3 is 2.60 bits per heavy atom. The highest BCUT2D eigenvalue weighted by Gasteiger charge is 2.32. The maximum Gasteiger partial charge on any atom is 0.420 e. The first-order valence-corrected chi connectivity index (χ1v) is 10.2. The third-order valence-electron chi connectivity index (χ3n) is 5.25. The molecule has 0 aliphatic carbocycles. The quantitative estimate of drug-likeness (QED) is 0.681. The van der Waals surface area contributed by atoms with Gasteiger partial charge in [-0.25, -0.2) is 4.79 Å². The molecule has 1 aliphatic rings. The van der Waals surface area contributed by atoms with Gasteiger partial charge in [-0.1, -0.05) is 38.1 Å². The van der Waals surface area contributed by atoms with Gasteiger partial charge in [-0.2, -0.15) is 0 Å². The Bertz CT molecular complexity index is 1170. The van der Waals surface area contributed by atoms with Gasteiger partial charge in [0.05, 0.1) is 16.6 Å². The second kappa shape index (κ2) is 7.82. The van der Waals surface area contributed by atoms with Crippen LogP contribution in [0.5, 0.6) is 0 Å². The van der Waals surface area contributed by atoms with Gasteiger partial charge < -0.3 is 14.6 Å². The topological polar surface area (TPSA) is 84.6 Å². The van der Waals surface area contributed by atoms with Crippen molar-refractivity contribution < 1.29 is 14.0 Å². The average molecular weight is 407 g/mol. The zero-order valence-electron chi connectivity index (χ0n) is 17.3. The first kappa shape index (κ1) is 19.9. The third-order valence-corrected chi connectivity index (χ3v) is 5.25. The van der Waals surface area contributed by atoms with Crippen molar-refractivity contribution >= 4 is 22.9 Å². The number of rotatable bonds is 6. The second-order valence-electron chi connectivity index (χ2n) is 8.24. The fourth-order valence-electron chi connectivity index (χ4n) is 4.01. The number of hydrogen-bond acceptors (Lipinski definition) is 4. The van der Waals surface area contributed by atoms with Crippen molar-refractivity contribution in [3.8, 4) is 0 Å². The lowest BCUT2D eigenvalue weighted by atomic mass is 10.0. The molecule has 30 heavy (non-hydrogen) atoms. The lowest BCUT2D eigenvalue weighted by Crippen LogP contribution is -2.38. The Hall–Kier alpha value is -3.35. The van der Waals surface area contributed by atoms with Crippen LogP contribution in [0.2, 0.25) is 0 Å². The molecule has 0 spiro atoms. The van der Waals surface area contributed by atoms with Gasteiger partial charge in [0.25, 0.3) is 11.8 Å². The van der Waals surface area contributed by atoms with E-state index in [1.807, 2.05) is 19.1 Å². The summed E-state index contributed by atoms with van der Waals surface area (Å²) in [4.78, 5) is 39.8. The smallest absolute Gasteiger partial charge is 0.408 e. The minimum atomic E-state index is -0.461. The van der Waals surface area contributed by atoms with Crippen LogP contribution in [0, 0.1) is 5.92 Å². The van der Waals surface area contributed by atoms with E-state index in [1.54, 1.807) is 35.2 Å². The lowest BCUT2D eigenvalue weighted by Gasteiger charge is -2.18. The number of carbonyl (C=O) groups excluding carboxylic acids is 2. The molecule has 2 heterocycles. The van der Waals surface area contributed by atoms with Gasteiger partial charge >= 0.3 is 5.76 Å². The number of nitrogens with zero attached hydrogens (tertiary/aromatic N) is 2. The minimum Gasteiger partial charge on any atom is -0.408 e. The Balaban J connectivity index is 1.53. The standard InChI is InChI=1S/C23H25N3O4/c1-14(2)11-25-13-16-7-6-8-17(20(16)22(25)28)21(27)24-15(3)12-26-18-9-4-5-10-19(18)30-23(26)29/h4-10,14-15H,11-13H2,1-3H3,(H,24,27)/t15-/m0/s1. The van der Waals surface area contributed by atoms with Crippen molar-refractivity contribution in [2.75, 3.05) is 6.54 Å². The van der Waals surface area contributed by atoms with E-state index in [9.17, 15) is 14.4 Å². The number of amides is 2. The van der Waals surface area contributed by atoms with Crippen molar-refractivity contribution in [3.05, 3.63) is 69.7 Å². The number of para-hydroxylation sites is 2. The van der Waals surface area contributed by atoms with Gasteiger partial charge in [-0.05, 0) is 36.6 Å². The average Bonchev–Trinajstić information content (AvgIpc) is 3.18. The van der Waals surface area contributed by atoms with E-state index in [-0.39, 0.29) is 24.4 Å². The van der Waals surface area contributed by atoms with Crippen LogP contribution in [0.25, 0.3) is 11.1 Å². The van der Waals surface area contributed by atoms with Crippen molar-refractivity contribution in [2.24, 2.45) is 5.92 Å². The van der Waals surface area contributed by atoms with Crippen LogP contribution in [0.4, 0.5) is 0 Å². The largest absolute Gasteiger partial charge is 0.420 e. The van der Waals surface area contributed by atoms with E-state index in [1.165, 1.54) is 4.57 Å². The maximum atomic E-state index is 13.0. The predicted octanol–water partition coefficient (Wildman–Crippen LogP) is 3.02. The summed E-state index contributed by atoms with van der Waals surface area (Å²) in [5.74, 6) is -0.532. The summed E-state index contributed by atoms with van der Waals surface area (Å²) in [5.41, 5.74) is 2.92. The number of fused-ring (bicyclic) bond motifs is 2. The van der Waals surface area contributed by atoms with Crippen molar-refractivity contribution in [3.63, 3.8) is 0 Å². The number of nitrogens with one attached hydrogen (secondary N) is 1. The lowest BCUT2D eigenvalue weighted by molar-refractivity contribution is 0.0754. The van der Waals surface area contributed by atoms with E-state index < -0.39 is 5.76 Å². The zero-order valence-corrected chi connectivity index (χ0v) is 17.3. The summed E-state index contributed by atoms with van der Waals surface area (Å²) in [6.07, 6.45) is 0. The second-order valence-corrected chi connectivity index (χ2v) is 8.24. The van der Waals surface area contributed by atoms with Crippen LogP contribution < -0.4 is 11.1 Å². The fourth-order valence-corrected chi connectivity index (χ4v) is 4.01. The number of carbonyl (C=O) groups is 2. The maximum absolute atomic E-state index is 13.0. The Morgan fingerprint density at radius 2 is 1.83 bits per heavy atom. The summed E-state index contributed by atoms with van der Waals surface area (Å²) in [5, 5.41) is 2.92. The van der Waals surface area contributed by atoms with E-state index in [0.29, 0.717) is 41.2 Å². The molecule has 0 unspecified atom stereocenters. The fraction of sp³-hybridized carbons (Fsp3) is 0.348. The highest BCUT2D eigenvalue weighted by atomic mass is 16.4. The van der Waals surface area contributed by atoms with Crippen molar-refractivity contribution in [1.29, 1.82) is 0 Å². The van der Waals surface area contributed by atoms with E-state index in [0.717, 1.165) is 5.56 Å². The molecule has 0 bridgehead atoms.